The van der Waals surface area contributed by atoms with E-state index in [0.29, 0.717) is 17.8 Å². The Morgan fingerprint density at radius 3 is 2.60 bits per heavy atom. The van der Waals surface area contributed by atoms with Crippen molar-refractivity contribution in [3.05, 3.63) is 49.3 Å². The lowest BCUT2D eigenvalue weighted by Crippen LogP contribution is -2.30. The zero-order chi connectivity index (χ0) is 14.7. The predicted molar refractivity (Wildman–Crippen MR) is 88.3 cm³/mol. The monoisotopic (exact) mass is 419 g/mol. The van der Waals surface area contributed by atoms with Gasteiger partial charge >= 0.3 is 0 Å². The molecule has 0 N–H and O–H groups in total. The molecule has 2 nitrogen and oxygen atoms in total. The second kappa shape index (κ2) is 6.83. The molecule has 0 radical (unpaired) electrons. The molecule has 0 saturated heterocycles. The summed E-state index contributed by atoms with van der Waals surface area (Å²) in [7, 11) is 0. The molecule has 6 heteroatoms. The number of para-hydroxylation sites is 1. The molecule has 0 aliphatic heterocycles. The molecular formula is C14H12Br2FNOS. The van der Waals surface area contributed by atoms with Crippen LogP contribution in [0.3, 0.4) is 0 Å². The maximum absolute atomic E-state index is 13.8. The van der Waals surface area contributed by atoms with E-state index in [-0.39, 0.29) is 18.1 Å². The summed E-state index contributed by atoms with van der Waals surface area (Å²) >= 11 is 8.18. The van der Waals surface area contributed by atoms with Crippen LogP contribution in [-0.2, 0) is 0 Å². The quantitative estimate of drug-likeness (QED) is 0.625. The van der Waals surface area contributed by atoms with Crippen LogP contribution in [0.1, 0.15) is 17.3 Å². The lowest BCUT2D eigenvalue weighted by Gasteiger charge is -2.22. The summed E-state index contributed by atoms with van der Waals surface area (Å²) < 4.78 is 15.5. The number of Topliss-reactive ketones (excluding diaryl/α,β-unsaturated/α-hetero) is 1. The number of ketones is 1. The van der Waals surface area contributed by atoms with Crippen molar-refractivity contribution in [2.24, 2.45) is 0 Å². The fourth-order valence-corrected chi connectivity index (χ4v) is 4.72. The number of carbonyl (C=O) groups is 1. The molecule has 2 rings (SSSR count). The molecule has 20 heavy (non-hydrogen) atoms. The second-order valence-electron chi connectivity index (χ2n) is 4.13. The summed E-state index contributed by atoms with van der Waals surface area (Å²) in [6.45, 7) is 2.62. The van der Waals surface area contributed by atoms with Crippen molar-refractivity contribution in [3.8, 4) is 0 Å². The Morgan fingerprint density at radius 1 is 1.35 bits per heavy atom. The highest BCUT2D eigenvalue weighted by Crippen LogP contribution is 2.32. The number of halogens is 3. The van der Waals surface area contributed by atoms with Crippen LogP contribution in [0, 0.1) is 5.82 Å². The Balaban J connectivity index is 2.21. The molecule has 1 aromatic carbocycles. The van der Waals surface area contributed by atoms with E-state index >= 15 is 0 Å². The first-order chi connectivity index (χ1) is 9.52. The van der Waals surface area contributed by atoms with Gasteiger partial charge in [0.1, 0.15) is 5.82 Å². The minimum absolute atomic E-state index is 0.0380. The number of hydrogen-bond donors (Lipinski definition) is 0. The van der Waals surface area contributed by atoms with E-state index in [9.17, 15) is 9.18 Å². The topological polar surface area (TPSA) is 20.3 Å². The summed E-state index contributed by atoms with van der Waals surface area (Å²) in [5.74, 6) is -0.350. The molecule has 2 aromatic rings. The molecule has 0 aliphatic carbocycles. The lowest BCUT2D eigenvalue weighted by atomic mass is 10.2. The normalized spacial score (nSPS) is 10.6. The van der Waals surface area contributed by atoms with Gasteiger partial charge in [0.05, 0.1) is 19.8 Å². The largest absolute Gasteiger partial charge is 0.362 e. The van der Waals surface area contributed by atoms with Crippen molar-refractivity contribution < 1.29 is 9.18 Å². The van der Waals surface area contributed by atoms with Gasteiger partial charge in [-0.2, -0.15) is 0 Å². The number of hydrogen-bond acceptors (Lipinski definition) is 3. The molecule has 1 aromatic heterocycles. The minimum Gasteiger partial charge on any atom is -0.362 e. The maximum Gasteiger partial charge on any atom is 0.184 e. The van der Waals surface area contributed by atoms with Crippen LogP contribution in [-0.4, -0.2) is 18.9 Å². The Kier molecular flexibility index (Phi) is 5.35. The van der Waals surface area contributed by atoms with Crippen molar-refractivity contribution in [1.29, 1.82) is 0 Å². The highest BCUT2D eigenvalue weighted by Gasteiger charge is 2.18. The average Bonchev–Trinajstić information content (AvgIpc) is 2.76. The van der Waals surface area contributed by atoms with Crippen molar-refractivity contribution in [3.63, 3.8) is 0 Å². The fourth-order valence-electron chi connectivity index (χ4n) is 1.86. The van der Waals surface area contributed by atoms with Gasteiger partial charge in [0, 0.05) is 12.1 Å². The van der Waals surface area contributed by atoms with Crippen molar-refractivity contribution >= 4 is 54.7 Å². The predicted octanol–water partition coefficient (Wildman–Crippen LogP) is 5.12. The van der Waals surface area contributed by atoms with Crippen LogP contribution in [0.25, 0.3) is 0 Å². The highest BCUT2D eigenvalue weighted by atomic mass is 79.9. The SMILES string of the molecule is CCN(CC(=O)c1cc(Br)sc1Br)c1ccccc1F. The molecule has 0 fully saturated rings. The zero-order valence-corrected chi connectivity index (χ0v) is 14.7. The number of likely N-dealkylation sites (N-methyl/N-ethyl adjacent to an activating group) is 1. The summed E-state index contributed by atoms with van der Waals surface area (Å²) in [5, 5.41) is 0. The summed E-state index contributed by atoms with van der Waals surface area (Å²) in [4.78, 5) is 14.1. The van der Waals surface area contributed by atoms with Crippen LogP contribution in [0.15, 0.2) is 37.9 Å². The smallest absolute Gasteiger partial charge is 0.184 e. The first kappa shape index (κ1) is 15.7. The van der Waals surface area contributed by atoms with Crippen LogP contribution in [0.5, 0.6) is 0 Å². The summed E-state index contributed by atoms with van der Waals surface area (Å²) in [6.07, 6.45) is 0. The zero-order valence-electron chi connectivity index (χ0n) is 10.7. The summed E-state index contributed by atoms with van der Waals surface area (Å²) in [5.41, 5.74) is 1.07. The highest BCUT2D eigenvalue weighted by molar-refractivity contribution is 9.12. The van der Waals surface area contributed by atoms with Gasteiger partial charge in [0.25, 0.3) is 0 Å². The van der Waals surface area contributed by atoms with E-state index in [0.717, 1.165) is 7.57 Å². The lowest BCUT2D eigenvalue weighted by molar-refractivity contribution is 0.0999. The van der Waals surface area contributed by atoms with Crippen LogP contribution in [0.2, 0.25) is 0 Å². The molecule has 0 unspecified atom stereocenters. The number of carbonyl (C=O) groups excluding carboxylic acids is 1. The van der Waals surface area contributed by atoms with Crippen LogP contribution < -0.4 is 4.90 Å². The fraction of sp³-hybridized carbons (Fsp3) is 0.214. The third-order valence-corrected chi connectivity index (χ3v) is 5.21. The van der Waals surface area contributed by atoms with Crippen molar-refractivity contribution in [2.75, 3.05) is 18.0 Å². The Hall–Kier alpha value is -0.720. The van der Waals surface area contributed by atoms with Gasteiger partial charge in [0.2, 0.25) is 0 Å². The standard InChI is InChI=1S/C14H12Br2FNOS/c1-2-18(11-6-4-3-5-10(11)17)8-12(19)9-7-13(15)20-14(9)16/h3-7H,2,8H2,1H3. The number of nitrogens with zero attached hydrogens (tertiary/aromatic N) is 1. The number of anilines is 1. The second-order valence-corrected chi connectivity index (χ2v) is 7.88. The van der Waals surface area contributed by atoms with Gasteiger partial charge in [0.15, 0.2) is 5.78 Å². The number of thiophene rings is 1. The third kappa shape index (κ3) is 3.48. The molecule has 0 spiro atoms. The maximum atomic E-state index is 13.8. The number of benzene rings is 1. The Morgan fingerprint density at radius 2 is 2.05 bits per heavy atom. The van der Waals surface area contributed by atoms with E-state index in [2.05, 4.69) is 31.9 Å². The van der Waals surface area contributed by atoms with Crippen LogP contribution >= 0.6 is 43.2 Å². The van der Waals surface area contributed by atoms with E-state index in [1.807, 2.05) is 6.92 Å². The van der Waals surface area contributed by atoms with Crippen molar-refractivity contribution in [1.82, 2.24) is 0 Å². The molecule has 0 bridgehead atoms. The minimum atomic E-state index is -0.312. The summed E-state index contributed by atoms with van der Waals surface area (Å²) in [6, 6.07) is 8.28. The van der Waals surface area contributed by atoms with E-state index < -0.39 is 0 Å². The molecule has 0 atom stereocenters. The molecule has 106 valence electrons. The third-order valence-electron chi connectivity index (χ3n) is 2.87. The van der Waals surface area contributed by atoms with E-state index in [1.165, 1.54) is 17.4 Å². The van der Waals surface area contributed by atoms with Gasteiger partial charge in [-0.05, 0) is 57.0 Å². The van der Waals surface area contributed by atoms with Gasteiger partial charge in [-0.1, -0.05) is 12.1 Å². The van der Waals surface area contributed by atoms with Gasteiger partial charge < -0.3 is 4.90 Å². The first-order valence-corrected chi connectivity index (χ1v) is 8.40. The average molecular weight is 421 g/mol. The first-order valence-electron chi connectivity index (χ1n) is 6.00. The molecule has 0 saturated carbocycles. The Labute approximate surface area is 137 Å². The number of rotatable bonds is 5. The van der Waals surface area contributed by atoms with Gasteiger partial charge in [-0.15, -0.1) is 11.3 Å². The van der Waals surface area contributed by atoms with E-state index in [4.69, 9.17) is 0 Å². The molecule has 0 amide bonds. The van der Waals surface area contributed by atoms with E-state index in [1.54, 1.807) is 29.2 Å². The van der Waals surface area contributed by atoms with Gasteiger partial charge in [-0.25, -0.2) is 4.39 Å². The molecule has 1 heterocycles. The molecule has 0 aliphatic rings. The Bertz CT molecular complexity index is 629. The van der Waals surface area contributed by atoms with Crippen LogP contribution in [0.4, 0.5) is 10.1 Å². The van der Waals surface area contributed by atoms with Crippen molar-refractivity contribution in [2.45, 2.75) is 6.92 Å². The molecular weight excluding hydrogens is 409 g/mol. The van der Waals surface area contributed by atoms with Gasteiger partial charge in [-0.3, -0.25) is 4.79 Å².